The van der Waals surface area contributed by atoms with Gasteiger partial charge in [-0.15, -0.1) is 0 Å². The Kier molecular flexibility index (Phi) is 3.38. The highest BCUT2D eigenvalue weighted by atomic mass is 35.5. The summed E-state index contributed by atoms with van der Waals surface area (Å²) < 4.78 is 6.21. The summed E-state index contributed by atoms with van der Waals surface area (Å²) in [5.41, 5.74) is 6.58. The van der Waals surface area contributed by atoms with E-state index >= 15 is 0 Å². The lowest BCUT2D eigenvalue weighted by atomic mass is 10.1. The Morgan fingerprint density at radius 2 is 1.77 bits per heavy atom. The number of halogens is 1. The first-order valence-electron chi connectivity index (χ1n) is 6.41. The van der Waals surface area contributed by atoms with E-state index in [-0.39, 0.29) is 22.5 Å². The molecule has 0 saturated carbocycles. The van der Waals surface area contributed by atoms with Crippen molar-refractivity contribution in [2.45, 2.75) is 0 Å². The average Bonchev–Trinajstić information content (AvgIpc) is 2.54. The minimum absolute atomic E-state index is 0.0151. The van der Waals surface area contributed by atoms with Crippen LogP contribution in [-0.4, -0.2) is 7.11 Å². The van der Waals surface area contributed by atoms with Crippen LogP contribution in [0.1, 0.15) is 0 Å². The van der Waals surface area contributed by atoms with Crippen LogP contribution in [-0.2, 0) is 0 Å². The van der Waals surface area contributed by atoms with Gasteiger partial charge in [0.1, 0.15) is 5.75 Å². The molecule has 112 valence electrons. The number of aromatic nitrogens is 2. The van der Waals surface area contributed by atoms with Crippen molar-refractivity contribution in [1.29, 1.82) is 0 Å². The molecule has 2 aromatic carbocycles. The van der Waals surface area contributed by atoms with E-state index in [1.165, 1.54) is 19.2 Å². The van der Waals surface area contributed by atoms with Gasteiger partial charge >= 0.3 is 11.5 Å². The third-order valence-corrected chi connectivity index (χ3v) is 3.74. The molecular formula is C15H12ClN3O3. The minimum atomic E-state index is -0.208. The normalized spacial score (nSPS) is 10.8. The number of methoxy groups -OCH3 is 1. The number of hydrogen-bond donors (Lipinski definition) is 1. The third-order valence-electron chi connectivity index (χ3n) is 3.41. The van der Waals surface area contributed by atoms with Gasteiger partial charge in [0, 0.05) is 0 Å². The fraction of sp³-hybridized carbons (Fsp3) is 0.0667. The first-order valence-corrected chi connectivity index (χ1v) is 6.79. The predicted molar refractivity (Wildman–Crippen MR) is 83.3 cm³/mol. The highest BCUT2D eigenvalue weighted by molar-refractivity contribution is 6.33. The van der Waals surface area contributed by atoms with Gasteiger partial charge in [0.05, 0.1) is 23.8 Å². The van der Waals surface area contributed by atoms with Gasteiger partial charge in [-0.3, -0.25) is 5.73 Å². The molecule has 0 bridgehead atoms. The molecule has 1 aromatic heterocycles. The van der Waals surface area contributed by atoms with Gasteiger partial charge in [-0.1, -0.05) is 23.7 Å². The molecule has 0 spiro atoms. The SMILES string of the molecule is COc1ccc2c(c1)[n+]([O-])c(-c1ccccc1Cl)c(N)[n+]2[O-]. The molecule has 0 saturated heterocycles. The zero-order valence-electron chi connectivity index (χ0n) is 11.6. The molecule has 2 N–H and O–H groups in total. The Hall–Kier alpha value is -2.73. The van der Waals surface area contributed by atoms with Crippen LogP contribution in [0.3, 0.4) is 0 Å². The summed E-state index contributed by atoms with van der Waals surface area (Å²) in [5.74, 6) is 0.257. The molecule has 0 fully saturated rings. The van der Waals surface area contributed by atoms with E-state index in [0.29, 0.717) is 25.8 Å². The third kappa shape index (κ3) is 2.05. The molecule has 7 heteroatoms. The van der Waals surface area contributed by atoms with E-state index in [9.17, 15) is 10.4 Å². The Bertz CT molecular complexity index is 884. The molecule has 0 radical (unpaired) electrons. The number of nitrogens with two attached hydrogens (primary N) is 1. The van der Waals surface area contributed by atoms with Gasteiger partial charge in [-0.05, 0) is 24.3 Å². The summed E-state index contributed by atoms with van der Waals surface area (Å²) in [7, 11) is 1.48. The molecular weight excluding hydrogens is 306 g/mol. The van der Waals surface area contributed by atoms with Crippen molar-refractivity contribution >= 4 is 28.5 Å². The van der Waals surface area contributed by atoms with E-state index in [4.69, 9.17) is 22.1 Å². The van der Waals surface area contributed by atoms with Crippen LogP contribution in [0.25, 0.3) is 22.3 Å². The number of hydrogen-bond acceptors (Lipinski definition) is 4. The molecule has 0 aliphatic rings. The van der Waals surface area contributed by atoms with Crippen molar-refractivity contribution in [3.63, 3.8) is 0 Å². The van der Waals surface area contributed by atoms with Crippen LogP contribution in [0.4, 0.5) is 5.82 Å². The van der Waals surface area contributed by atoms with E-state index in [1.54, 1.807) is 30.3 Å². The van der Waals surface area contributed by atoms with Gasteiger partial charge in [0.15, 0.2) is 0 Å². The maximum absolute atomic E-state index is 12.7. The zero-order chi connectivity index (χ0) is 15.9. The largest absolute Gasteiger partial charge is 0.710 e. The predicted octanol–water partition coefficient (Wildman–Crippen LogP) is 2.02. The second-order valence-electron chi connectivity index (χ2n) is 4.66. The summed E-state index contributed by atoms with van der Waals surface area (Å²) in [6, 6.07) is 11.3. The van der Waals surface area contributed by atoms with E-state index in [1.807, 2.05) is 0 Å². The number of ether oxygens (including phenoxy) is 1. The number of nitrogen functional groups attached to an aromatic ring is 1. The topological polar surface area (TPSA) is 89.1 Å². The van der Waals surface area contributed by atoms with E-state index in [0.717, 1.165) is 0 Å². The van der Waals surface area contributed by atoms with Gasteiger partial charge < -0.3 is 15.2 Å². The molecule has 0 aliphatic heterocycles. The second kappa shape index (κ2) is 5.23. The highest BCUT2D eigenvalue weighted by Gasteiger charge is 2.27. The standard InChI is InChI=1S/C15H12ClN3O3/c1-22-9-6-7-12-13(8-9)18(20)14(15(17)19(12)21)10-4-2-3-5-11(10)16/h2-8H,17H2,1H3. The van der Waals surface area contributed by atoms with Crippen LogP contribution in [0, 0.1) is 10.4 Å². The summed E-state index contributed by atoms with van der Waals surface area (Å²) in [6.45, 7) is 0. The summed E-state index contributed by atoms with van der Waals surface area (Å²) in [5, 5.41) is 25.4. The number of nitrogens with zero attached hydrogens (tertiary/aromatic N) is 2. The van der Waals surface area contributed by atoms with Crippen molar-refractivity contribution in [1.82, 2.24) is 0 Å². The Morgan fingerprint density at radius 3 is 2.45 bits per heavy atom. The quantitative estimate of drug-likeness (QED) is 0.578. The maximum atomic E-state index is 12.7. The Morgan fingerprint density at radius 1 is 1.05 bits per heavy atom. The highest BCUT2D eigenvalue weighted by Crippen LogP contribution is 2.29. The lowest BCUT2D eigenvalue weighted by molar-refractivity contribution is -0.609. The minimum Gasteiger partial charge on any atom is -0.710 e. The lowest BCUT2D eigenvalue weighted by Crippen LogP contribution is -2.43. The molecule has 22 heavy (non-hydrogen) atoms. The Balaban J connectivity index is 2.43. The maximum Gasteiger partial charge on any atom is 0.351 e. The van der Waals surface area contributed by atoms with Gasteiger partial charge in [-0.2, -0.15) is 4.73 Å². The lowest BCUT2D eigenvalue weighted by Gasteiger charge is -2.14. The van der Waals surface area contributed by atoms with E-state index in [2.05, 4.69) is 0 Å². The fourth-order valence-corrected chi connectivity index (χ4v) is 2.54. The molecule has 3 rings (SSSR count). The molecule has 0 unspecified atom stereocenters. The van der Waals surface area contributed by atoms with Crippen LogP contribution < -0.4 is 19.9 Å². The average molecular weight is 318 g/mol. The van der Waals surface area contributed by atoms with Crippen LogP contribution >= 0.6 is 11.6 Å². The summed E-state index contributed by atoms with van der Waals surface area (Å²) in [6.07, 6.45) is 0. The first kappa shape index (κ1) is 14.2. The molecule has 1 heterocycles. The molecule has 6 nitrogen and oxygen atoms in total. The fourth-order valence-electron chi connectivity index (χ4n) is 2.32. The summed E-state index contributed by atoms with van der Waals surface area (Å²) in [4.78, 5) is 0. The number of benzene rings is 2. The smallest absolute Gasteiger partial charge is 0.351 e. The first-order chi connectivity index (χ1) is 10.5. The Labute approximate surface area is 131 Å². The zero-order valence-corrected chi connectivity index (χ0v) is 12.4. The monoisotopic (exact) mass is 317 g/mol. The summed E-state index contributed by atoms with van der Waals surface area (Å²) >= 11 is 6.12. The van der Waals surface area contributed by atoms with Crippen molar-refractivity contribution < 1.29 is 14.2 Å². The van der Waals surface area contributed by atoms with Gasteiger partial charge in [0.25, 0.3) is 5.52 Å². The van der Waals surface area contributed by atoms with Crippen molar-refractivity contribution in [3.8, 4) is 17.0 Å². The van der Waals surface area contributed by atoms with Crippen molar-refractivity contribution in [2.75, 3.05) is 12.8 Å². The van der Waals surface area contributed by atoms with Crippen LogP contribution in [0.2, 0.25) is 5.02 Å². The molecule has 3 aromatic rings. The molecule has 0 atom stereocenters. The number of anilines is 1. The van der Waals surface area contributed by atoms with Crippen molar-refractivity contribution in [2.24, 2.45) is 0 Å². The molecule has 0 amide bonds. The number of fused-ring (bicyclic) bond motifs is 1. The number of rotatable bonds is 2. The van der Waals surface area contributed by atoms with E-state index < -0.39 is 0 Å². The van der Waals surface area contributed by atoms with Gasteiger partial charge in [-0.25, -0.2) is 4.73 Å². The van der Waals surface area contributed by atoms with Crippen LogP contribution in [0.5, 0.6) is 5.75 Å². The van der Waals surface area contributed by atoms with Crippen molar-refractivity contribution in [3.05, 3.63) is 57.9 Å². The molecule has 0 aliphatic carbocycles. The van der Waals surface area contributed by atoms with Gasteiger partial charge in [0.2, 0.25) is 5.52 Å². The second-order valence-corrected chi connectivity index (χ2v) is 5.06. The van der Waals surface area contributed by atoms with Crippen LogP contribution in [0.15, 0.2) is 42.5 Å².